The molecule has 1 saturated heterocycles. The zero-order valence-electron chi connectivity index (χ0n) is 10.6. The minimum absolute atomic E-state index is 0.0459. The summed E-state index contributed by atoms with van der Waals surface area (Å²) in [5.41, 5.74) is 0.652. The Morgan fingerprint density at radius 3 is 2.84 bits per heavy atom. The second-order valence-corrected chi connectivity index (χ2v) is 5.23. The Labute approximate surface area is 117 Å². The van der Waals surface area contributed by atoms with Crippen molar-refractivity contribution in [1.82, 2.24) is 4.90 Å². The van der Waals surface area contributed by atoms with Crippen LogP contribution in [-0.4, -0.2) is 43.0 Å². The summed E-state index contributed by atoms with van der Waals surface area (Å²) >= 11 is 5.84. The van der Waals surface area contributed by atoms with E-state index >= 15 is 0 Å². The van der Waals surface area contributed by atoms with Crippen molar-refractivity contribution in [2.75, 3.05) is 32.2 Å². The Morgan fingerprint density at radius 2 is 2.11 bits per heavy atom. The van der Waals surface area contributed by atoms with Crippen molar-refractivity contribution in [2.24, 2.45) is 5.92 Å². The molecule has 1 unspecified atom stereocenters. The molecular weight excluding hydrogens is 266 g/mol. The lowest BCUT2D eigenvalue weighted by Gasteiger charge is -2.20. The summed E-state index contributed by atoms with van der Waals surface area (Å²) in [7, 11) is 0. The molecule has 1 aromatic carbocycles. The number of amides is 1. The summed E-state index contributed by atoms with van der Waals surface area (Å²) in [5, 5.41) is 0. The standard InChI is InChI=1S/C14H16ClNO3/c15-8-10-3-4-16(9-10)14(17)11-1-2-12-13(7-11)19-6-5-18-12/h1-2,7,10H,3-6,8-9H2. The number of hydrogen-bond donors (Lipinski definition) is 0. The number of ether oxygens (including phenoxy) is 2. The van der Waals surface area contributed by atoms with Gasteiger partial charge in [0.25, 0.3) is 5.91 Å². The minimum atomic E-state index is 0.0459. The van der Waals surface area contributed by atoms with Crippen LogP contribution in [0.25, 0.3) is 0 Å². The van der Waals surface area contributed by atoms with Gasteiger partial charge in [-0.25, -0.2) is 0 Å². The number of nitrogens with zero attached hydrogens (tertiary/aromatic N) is 1. The minimum Gasteiger partial charge on any atom is -0.486 e. The van der Waals surface area contributed by atoms with Crippen molar-refractivity contribution in [3.8, 4) is 11.5 Å². The normalized spacial score (nSPS) is 21.5. The molecule has 0 aliphatic carbocycles. The van der Waals surface area contributed by atoms with Gasteiger partial charge >= 0.3 is 0 Å². The van der Waals surface area contributed by atoms with Crippen LogP contribution in [0.5, 0.6) is 11.5 Å². The van der Waals surface area contributed by atoms with Crippen molar-refractivity contribution in [2.45, 2.75) is 6.42 Å². The van der Waals surface area contributed by atoms with Gasteiger partial charge in [-0.05, 0) is 30.5 Å². The van der Waals surface area contributed by atoms with Crippen molar-refractivity contribution < 1.29 is 14.3 Å². The Hall–Kier alpha value is -1.42. The van der Waals surface area contributed by atoms with Crippen LogP contribution < -0.4 is 9.47 Å². The number of halogens is 1. The third-order valence-corrected chi connectivity index (χ3v) is 4.02. The molecule has 0 saturated carbocycles. The molecule has 0 N–H and O–H groups in total. The van der Waals surface area contributed by atoms with E-state index in [0.717, 1.165) is 19.5 Å². The predicted molar refractivity (Wildman–Crippen MR) is 72.2 cm³/mol. The fourth-order valence-corrected chi connectivity index (χ4v) is 2.75. The SMILES string of the molecule is O=C(c1ccc2c(c1)OCCO2)N1CCC(CCl)C1. The van der Waals surface area contributed by atoms with Crippen LogP contribution in [0.3, 0.4) is 0 Å². The van der Waals surface area contributed by atoms with Gasteiger partial charge in [0.1, 0.15) is 13.2 Å². The van der Waals surface area contributed by atoms with Crippen molar-refractivity contribution in [3.05, 3.63) is 23.8 Å². The third kappa shape index (κ3) is 2.50. The molecule has 2 heterocycles. The van der Waals surface area contributed by atoms with Gasteiger partial charge in [-0.1, -0.05) is 0 Å². The largest absolute Gasteiger partial charge is 0.486 e. The highest BCUT2D eigenvalue weighted by atomic mass is 35.5. The van der Waals surface area contributed by atoms with Gasteiger partial charge in [-0.3, -0.25) is 4.79 Å². The van der Waals surface area contributed by atoms with Gasteiger partial charge in [0.05, 0.1) is 0 Å². The molecule has 3 rings (SSSR count). The van der Waals surface area contributed by atoms with Crippen LogP contribution in [0, 0.1) is 5.92 Å². The van der Waals surface area contributed by atoms with Crippen LogP contribution >= 0.6 is 11.6 Å². The number of alkyl halides is 1. The number of carbonyl (C=O) groups excluding carboxylic acids is 1. The summed E-state index contributed by atoms with van der Waals surface area (Å²) in [6.45, 7) is 2.62. The monoisotopic (exact) mass is 281 g/mol. The summed E-state index contributed by atoms with van der Waals surface area (Å²) in [4.78, 5) is 14.2. The first-order valence-corrected chi connectivity index (χ1v) is 7.06. The second kappa shape index (κ2) is 5.29. The second-order valence-electron chi connectivity index (χ2n) is 4.92. The molecule has 0 bridgehead atoms. The number of likely N-dealkylation sites (tertiary alicyclic amines) is 1. The fraction of sp³-hybridized carbons (Fsp3) is 0.500. The summed E-state index contributed by atoms with van der Waals surface area (Å²) < 4.78 is 11.0. The van der Waals surface area contributed by atoms with Crippen LogP contribution in [-0.2, 0) is 0 Å². The lowest BCUT2D eigenvalue weighted by atomic mass is 10.1. The summed E-state index contributed by atoms with van der Waals surface area (Å²) in [6.07, 6.45) is 0.986. The topological polar surface area (TPSA) is 38.8 Å². The Bertz CT molecular complexity index is 492. The van der Waals surface area contributed by atoms with Crippen molar-refractivity contribution in [3.63, 3.8) is 0 Å². The number of hydrogen-bond acceptors (Lipinski definition) is 3. The Balaban J connectivity index is 1.77. The summed E-state index contributed by atoms with van der Waals surface area (Å²) in [5.74, 6) is 2.45. The summed E-state index contributed by atoms with van der Waals surface area (Å²) in [6, 6.07) is 5.37. The molecule has 2 aliphatic heterocycles. The Morgan fingerprint density at radius 1 is 1.32 bits per heavy atom. The van der Waals surface area contributed by atoms with E-state index in [-0.39, 0.29) is 5.91 Å². The van der Waals surface area contributed by atoms with E-state index in [2.05, 4.69) is 0 Å². The van der Waals surface area contributed by atoms with Gasteiger partial charge < -0.3 is 14.4 Å². The first-order chi connectivity index (χ1) is 9.28. The van der Waals surface area contributed by atoms with E-state index in [4.69, 9.17) is 21.1 Å². The Kier molecular flexibility index (Phi) is 3.51. The van der Waals surface area contributed by atoms with Crippen LogP contribution in [0.1, 0.15) is 16.8 Å². The number of rotatable bonds is 2. The molecule has 1 amide bonds. The quantitative estimate of drug-likeness (QED) is 0.780. The van der Waals surface area contributed by atoms with Gasteiger partial charge in [-0.15, -0.1) is 11.6 Å². The molecule has 1 atom stereocenters. The van der Waals surface area contributed by atoms with Crippen LogP contribution in [0.4, 0.5) is 0 Å². The van der Waals surface area contributed by atoms with E-state index in [9.17, 15) is 4.79 Å². The first-order valence-electron chi connectivity index (χ1n) is 6.53. The zero-order valence-corrected chi connectivity index (χ0v) is 11.4. The predicted octanol–water partition coefficient (Wildman–Crippen LogP) is 2.16. The van der Waals surface area contributed by atoms with Crippen molar-refractivity contribution in [1.29, 1.82) is 0 Å². The molecule has 19 heavy (non-hydrogen) atoms. The average molecular weight is 282 g/mol. The molecule has 4 nitrogen and oxygen atoms in total. The molecule has 0 spiro atoms. The molecule has 2 aliphatic rings. The maximum absolute atomic E-state index is 12.4. The molecule has 1 fully saturated rings. The molecule has 102 valence electrons. The van der Waals surface area contributed by atoms with E-state index in [1.807, 2.05) is 4.90 Å². The van der Waals surface area contributed by atoms with E-state index in [0.29, 0.717) is 42.1 Å². The van der Waals surface area contributed by atoms with Crippen LogP contribution in [0.2, 0.25) is 0 Å². The van der Waals surface area contributed by atoms with Gasteiger partial charge in [0.2, 0.25) is 0 Å². The highest BCUT2D eigenvalue weighted by Crippen LogP contribution is 2.31. The zero-order chi connectivity index (χ0) is 13.2. The fourth-order valence-electron chi connectivity index (χ4n) is 2.50. The van der Waals surface area contributed by atoms with E-state index < -0.39 is 0 Å². The third-order valence-electron chi connectivity index (χ3n) is 3.58. The molecule has 0 aromatic heterocycles. The van der Waals surface area contributed by atoms with Gasteiger partial charge in [0.15, 0.2) is 11.5 Å². The highest BCUT2D eigenvalue weighted by molar-refractivity contribution is 6.18. The number of benzene rings is 1. The molecule has 5 heteroatoms. The molecular formula is C14H16ClNO3. The molecule has 1 aromatic rings. The highest BCUT2D eigenvalue weighted by Gasteiger charge is 2.27. The smallest absolute Gasteiger partial charge is 0.254 e. The average Bonchev–Trinajstić information content (AvgIpc) is 2.95. The lowest BCUT2D eigenvalue weighted by molar-refractivity contribution is 0.0787. The maximum Gasteiger partial charge on any atom is 0.254 e. The lowest BCUT2D eigenvalue weighted by Crippen LogP contribution is -2.29. The van der Waals surface area contributed by atoms with Gasteiger partial charge in [-0.2, -0.15) is 0 Å². The van der Waals surface area contributed by atoms with E-state index in [1.165, 1.54) is 0 Å². The van der Waals surface area contributed by atoms with Crippen LogP contribution in [0.15, 0.2) is 18.2 Å². The maximum atomic E-state index is 12.4. The first kappa shape index (κ1) is 12.6. The molecule has 0 radical (unpaired) electrons. The number of carbonyl (C=O) groups is 1. The van der Waals surface area contributed by atoms with E-state index in [1.54, 1.807) is 18.2 Å². The van der Waals surface area contributed by atoms with Crippen molar-refractivity contribution >= 4 is 17.5 Å². The van der Waals surface area contributed by atoms with Gasteiger partial charge in [0, 0.05) is 24.5 Å². The number of fused-ring (bicyclic) bond motifs is 1.